The molecule has 1 aliphatic heterocycles. The van der Waals surface area contributed by atoms with E-state index in [2.05, 4.69) is 10.7 Å². The number of carboxylic acid groups (broad SMARTS) is 1. The Labute approximate surface area is 140 Å². The number of carbonyl (C=O) groups excluding carboxylic acids is 2. The van der Waals surface area contributed by atoms with E-state index in [9.17, 15) is 14.4 Å². The maximum Gasteiger partial charge on any atom is 0.325 e. The molecular formula is C16H22N4O4. The molecule has 8 heteroatoms. The normalized spacial score (nSPS) is 17.9. The fraction of sp³-hybridized carbons (Fsp3) is 0.438. The zero-order chi connectivity index (χ0) is 17.7. The van der Waals surface area contributed by atoms with Crippen LogP contribution in [0.25, 0.3) is 0 Å². The van der Waals surface area contributed by atoms with Crippen molar-refractivity contribution >= 4 is 23.6 Å². The molecule has 1 aliphatic rings. The largest absolute Gasteiger partial charge is 0.480 e. The third-order valence-electron chi connectivity index (χ3n) is 3.91. The van der Waals surface area contributed by atoms with Crippen molar-refractivity contribution in [3.05, 3.63) is 30.3 Å². The van der Waals surface area contributed by atoms with Gasteiger partial charge in [-0.3, -0.25) is 20.0 Å². The van der Waals surface area contributed by atoms with Crippen LogP contribution in [0.2, 0.25) is 0 Å². The van der Waals surface area contributed by atoms with Crippen LogP contribution in [0.5, 0.6) is 0 Å². The number of carboxylic acids is 1. The maximum absolute atomic E-state index is 12.6. The highest BCUT2D eigenvalue weighted by Gasteiger charge is 2.36. The Morgan fingerprint density at radius 2 is 1.96 bits per heavy atom. The monoisotopic (exact) mass is 334 g/mol. The number of nitrogens with zero attached hydrogens (tertiary/aromatic N) is 2. The number of anilines is 1. The standard InChI is InChI=1S/C16H22N4O4/c1-11(15(22)23)17-16(24)20-10-6-9-13(20)14(21)19(2)18-12-7-4-3-5-8-12/h3-5,7-8,11,13,18H,6,9-10H2,1-2H3,(H,17,24)(H,22,23)/t11-,13?/m0/s1. The molecule has 8 nitrogen and oxygen atoms in total. The number of rotatable bonds is 5. The molecule has 0 spiro atoms. The Bertz CT molecular complexity index is 607. The SMILES string of the molecule is C[C@H](NC(=O)N1CCCC1C(=O)N(C)Nc1ccccc1)C(=O)O. The number of amides is 3. The first-order chi connectivity index (χ1) is 11.4. The molecule has 1 unspecified atom stereocenters. The lowest BCUT2D eigenvalue weighted by Gasteiger charge is -2.29. The van der Waals surface area contributed by atoms with Crippen molar-refractivity contribution in [1.82, 2.24) is 15.2 Å². The fourth-order valence-corrected chi connectivity index (χ4v) is 2.58. The molecular weight excluding hydrogens is 312 g/mol. The van der Waals surface area contributed by atoms with E-state index < -0.39 is 24.1 Å². The summed E-state index contributed by atoms with van der Waals surface area (Å²) >= 11 is 0. The Hall–Kier alpha value is -2.77. The Morgan fingerprint density at radius 3 is 2.58 bits per heavy atom. The number of benzene rings is 1. The van der Waals surface area contributed by atoms with Gasteiger partial charge in [0, 0.05) is 13.6 Å². The second-order valence-electron chi connectivity index (χ2n) is 5.74. The number of likely N-dealkylation sites (tertiary alicyclic amines) is 1. The van der Waals surface area contributed by atoms with Crippen LogP contribution in [0, 0.1) is 0 Å². The van der Waals surface area contributed by atoms with E-state index in [0.29, 0.717) is 19.4 Å². The summed E-state index contributed by atoms with van der Waals surface area (Å²) in [6.45, 7) is 1.81. The first-order valence-corrected chi connectivity index (χ1v) is 7.79. The molecule has 2 atom stereocenters. The van der Waals surface area contributed by atoms with E-state index in [-0.39, 0.29) is 5.91 Å². The highest BCUT2D eigenvalue weighted by Crippen LogP contribution is 2.19. The number of hydrazine groups is 1. The highest BCUT2D eigenvalue weighted by molar-refractivity contribution is 5.89. The summed E-state index contributed by atoms with van der Waals surface area (Å²) < 4.78 is 0. The number of para-hydroxylation sites is 1. The summed E-state index contributed by atoms with van der Waals surface area (Å²) in [5, 5.41) is 12.6. The molecule has 0 aromatic heterocycles. The van der Waals surface area contributed by atoms with Crippen molar-refractivity contribution < 1.29 is 19.5 Å². The van der Waals surface area contributed by atoms with E-state index in [4.69, 9.17) is 5.11 Å². The number of aliphatic carboxylic acids is 1. The average Bonchev–Trinajstić information content (AvgIpc) is 3.04. The quantitative estimate of drug-likeness (QED) is 0.700. The number of hydrogen-bond acceptors (Lipinski definition) is 4. The van der Waals surface area contributed by atoms with Gasteiger partial charge >= 0.3 is 12.0 Å². The van der Waals surface area contributed by atoms with E-state index in [1.165, 1.54) is 16.8 Å². The Morgan fingerprint density at radius 1 is 1.29 bits per heavy atom. The van der Waals surface area contributed by atoms with Gasteiger partial charge < -0.3 is 15.3 Å². The van der Waals surface area contributed by atoms with Crippen LogP contribution in [-0.4, -0.2) is 58.6 Å². The summed E-state index contributed by atoms with van der Waals surface area (Å²) in [5.41, 5.74) is 3.73. The van der Waals surface area contributed by atoms with Gasteiger partial charge in [0.05, 0.1) is 5.69 Å². The summed E-state index contributed by atoms with van der Waals surface area (Å²) in [6, 6.07) is 7.09. The predicted octanol–water partition coefficient (Wildman–Crippen LogP) is 1.12. The lowest BCUT2D eigenvalue weighted by molar-refractivity contribution is -0.138. The average molecular weight is 334 g/mol. The first kappa shape index (κ1) is 17.6. The zero-order valence-electron chi connectivity index (χ0n) is 13.7. The Kier molecular flexibility index (Phi) is 5.62. The molecule has 0 aliphatic carbocycles. The molecule has 1 fully saturated rings. The van der Waals surface area contributed by atoms with E-state index in [1.807, 2.05) is 30.3 Å². The zero-order valence-corrected chi connectivity index (χ0v) is 13.7. The van der Waals surface area contributed by atoms with Crippen molar-refractivity contribution in [3.63, 3.8) is 0 Å². The minimum atomic E-state index is -1.12. The van der Waals surface area contributed by atoms with Gasteiger partial charge in [0.15, 0.2) is 0 Å². The molecule has 24 heavy (non-hydrogen) atoms. The van der Waals surface area contributed by atoms with Crippen LogP contribution in [0.1, 0.15) is 19.8 Å². The van der Waals surface area contributed by atoms with Crippen LogP contribution in [0.3, 0.4) is 0 Å². The van der Waals surface area contributed by atoms with Crippen molar-refractivity contribution in [2.24, 2.45) is 0 Å². The first-order valence-electron chi connectivity index (χ1n) is 7.79. The molecule has 1 aromatic carbocycles. The predicted molar refractivity (Wildman–Crippen MR) is 88.2 cm³/mol. The van der Waals surface area contributed by atoms with Gasteiger partial charge in [-0.05, 0) is 31.9 Å². The minimum absolute atomic E-state index is 0.241. The fourth-order valence-electron chi connectivity index (χ4n) is 2.58. The van der Waals surface area contributed by atoms with Gasteiger partial charge in [-0.2, -0.15) is 0 Å². The highest BCUT2D eigenvalue weighted by atomic mass is 16.4. The van der Waals surface area contributed by atoms with Crippen molar-refractivity contribution in [2.45, 2.75) is 31.8 Å². The van der Waals surface area contributed by atoms with Gasteiger partial charge in [0.2, 0.25) is 0 Å². The summed E-state index contributed by atoms with van der Waals surface area (Å²) in [5.74, 6) is -1.36. The Balaban J connectivity index is 1.99. The third kappa shape index (κ3) is 4.15. The van der Waals surface area contributed by atoms with E-state index in [1.54, 1.807) is 7.05 Å². The molecule has 0 saturated carbocycles. The van der Waals surface area contributed by atoms with Gasteiger partial charge in [0.25, 0.3) is 5.91 Å². The summed E-state index contributed by atoms with van der Waals surface area (Å²) in [7, 11) is 1.60. The van der Waals surface area contributed by atoms with Gasteiger partial charge in [-0.1, -0.05) is 18.2 Å². The smallest absolute Gasteiger partial charge is 0.325 e. The second kappa shape index (κ2) is 7.67. The van der Waals surface area contributed by atoms with Crippen molar-refractivity contribution in [2.75, 3.05) is 19.0 Å². The van der Waals surface area contributed by atoms with Gasteiger partial charge in [0.1, 0.15) is 12.1 Å². The van der Waals surface area contributed by atoms with Crippen molar-refractivity contribution in [1.29, 1.82) is 0 Å². The molecule has 3 N–H and O–H groups in total. The summed E-state index contributed by atoms with van der Waals surface area (Å²) in [6.07, 6.45) is 1.25. The molecule has 130 valence electrons. The van der Waals surface area contributed by atoms with Crippen LogP contribution >= 0.6 is 0 Å². The second-order valence-corrected chi connectivity index (χ2v) is 5.74. The van der Waals surface area contributed by atoms with Gasteiger partial charge in [-0.15, -0.1) is 0 Å². The molecule has 0 radical (unpaired) electrons. The number of likely N-dealkylation sites (N-methyl/N-ethyl adjacent to an activating group) is 1. The number of urea groups is 1. The maximum atomic E-state index is 12.6. The van der Waals surface area contributed by atoms with E-state index >= 15 is 0 Å². The van der Waals surface area contributed by atoms with Crippen LogP contribution in [-0.2, 0) is 9.59 Å². The van der Waals surface area contributed by atoms with E-state index in [0.717, 1.165) is 5.69 Å². The molecule has 1 heterocycles. The van der Waals surface area contributed by atoms with Crippen LogP contribution < -0.4 is 10.7 Å². The number of carbonyl (C=O) groups is 3. The van der Waals surface area contributed by atoms with Gasteiger partial charge in [-0.25, -0.2) is 4.79 Å². The number of nitrogens with one attached hydrogen (secondary N) is 2. The van der Waals surface area contributed by atoms with Crippen LogP contribution in [0.15, 0.2) is 30.3 Å². The number of hydrogen-bond donors (Lipinski definition) is 3. The van der Waals surface area contributed by atoms with Crippen molar-refractivity contribution in [3.8, 4) is 0 Å². The third-order valence-corrected chi connectivity index (χ3v) is 3.91. The lowest BCUT2D eigenvalue weighted by Crippen LogP contribution is -2.53. The molecule has 3 amide bonds. The lowest BCUT2D eigenvalue weighted by atomic mass is 10.2. The molecule has 2 rings (SSSR count). The molecule has 1 aromatic rings. The topological polar surface area (TPSA) is 102 Å². The van der Waals surface area contributed by atoms with Crippen LogP contribution in [0.4, 0.5) is 10.5 Å². The molecule has 0 bridgehead atoms. The molecule has 1 saturated heterocycles. The minimum Gasteiger partial charge on any atom is -0.480 e. The summed E-state index contributed by atoms with van der Waals surface area (Å²) in [4.78, 5) is 37.1.